The molecule has 12 heteroatoms. The molecule has 4 amide bonds. The number of nitrogens with zero attached hydrogens (tertiary/aromatic N) is 1. The van der Waals surface area contributed by atoms with Crippen LogP contribution in [0.25, 0.3) is 0 Å². The van der Waals surface area contributed by atoms with Gasteiger partial charge < -0.3 is 32.0 Å². The number of hydrogen-bond donors (Lipinski definition) is 4. The number of carboxylic acids is 1. The normalized spacial score (nSPS) is 12.0. The summed E-state index contributed by atoms with van der Waals surface area (Å²) >= 11 is 0. The minimum Gasteiger partial charge on any atom is -1.00 e. The number of amides is 4. The molecule has 0 aliphatic heterocycles. The van der Waals surface area contributed by atoms with Gasteiger partial charge in [-0.05, 0) is 57.9 Å². The topological polar surface area (TPSA) is 155 Å². The van der Waals surface area contributed by atoms with E-state index in [-0.39, 0.29) is 43.9 Å². The zero-order valence-electron chi connectivity index (χ0n) is 24.1. The first kappa shape index (κ1) is 33.6. The van der Waals surface area contributed by atoms with Crippen LogP contribution >= 0.6 is 0 Å². The molecule has 0 aliphatic carbocycles. The average Bonchev–Trinajstić information content (AvgIpc) is 2.81. The molecular weight excluding hydrogens is 515 g/mol. The minimum atomic E-state index is -1.15. The summed E-state index contributed by atoms with van der Waals surface area (Å²) in [5.74, 6) is -1.15. The SMILES string of the molecule is CC(C)(C)OC(=O)NCC(C)(C)OC(=O)N=Cc1ccc(NC(=O)NC(Cc2ccccc2)C(=O)O)cc1.[H-].[Na+]. The van der Waals surface area contributed by atoms with Crippen molar-refractivity contribution in [2.75, 3.05) is 11.9 Å². The maximum Gasteiger partial charge on any atom is 1.00 e. The Morgan fingerprint density at radius 3 is 2.15 bits per heavy atom. The van der Waals surface area contributed by atoms with E-state index < -0.39 is 41.4 Å². The van der Waals surface area contributed by atoms with Crippen molar-refractivity contribution in [2.45, 2.75) is 58.3 Å². The van der Waals surface area contributed by atoms with E-state index in [1.54, 1.807) is 83.1 Å². The van der Waals surface area contributed by atoms with Gasteiger partial charge in [0.2, 0.25) is 0 Å². The van der Waals surface area contributed by atoms with Gasteiger partial charge in [0.1, 0.15) is 17.2 Å². The second kappa shape index (κ2) is 15.2. The van der Waals surface area contributed by atoms with E-state index in [0.717, 1.165) is 5.56 Å². The Morgan fingerprint density at radius 2 is 1.59 bits per heavy atom. The Hall–Kier alpha value is -3.41. The molecule has 0 spiro atoms. The van der Waals surface area contributed by atoms with Gasteiger partial charge in [0.15, 0.2) is 0 Å². The molecule has 2 aromatic carbocycles. The molecule has 4 N–H and O–H groups in total. The maximum atomic E-state index is 12.3. The number of alkyl carbamates (subject to hydrolysis) is 1. The van der Waals surface area contributed by atoms with Gasteiger partial charge >= 0.3 is 53.7 Å². The molecule has 0 saturated heterocycles. The number of nitrogens with one attached hydrogen (secondary N) is 3. The van der Waals surface area contributed by atoms with Crippen molar-refractivity contribution in [1.82, 2.24) is 10.6 Å². The molecule has 39 heavy (non-hydrogen) atoms. The number of hydrogen-bond acceptors (Lipinski definition) is 6. The second-order valence-electron chi connectivity index (χ2n) is 10.0. The Balaban J connectivity index is 0.00000760. The molecule has 0 radical (unpaired) electrons. The molecule has 0 aromatic heterocycles. The molecule has 2 aromatic rings. The number of ether oxygens (including phenoxy) is 2. The fourth-order valence-corrected chi connectivity index (χ4v) is 3.05. The molecule has 1 atom stereocenters. The monoisotopic (exact) mass is 550 g/mol. The average molecular weight is 551 g/mol. The van der Waals surface area contributed by atoms with Crippen LogP contribution < -0.4 is 45.5 Å². The van der Waals surface area contributed by atoms with Crippen molar-refractivity contribution in [3.63, 3.8) is 0 Å². The summed E-state index contributed by atoms with van der Waals surface area (Å²) in [5.41, 5.74) is 0.0873. The number of carbonyl (C=O) groups excluding carboxylic acids is 3. The molecule has 2 rings (SSSR count). The quantitative estimate of drug-likeness (QED) is 0.272. The number of urea groups is 1. The molecule has 0 fully saturated rings. The Morgan fingerprint density at radius 1 is 0.974 bits per heavy atom. The summed E-state index contributed by atoms with van der Waals surface area (Å²) in [4.78, 5) is 51.5. The number of carbonyl (C=O) groups is 4. The molecule has 206 valence electrons. The number of benzene rings is 2. The molecule has 0 aliphatic rings. The zero-order chi connectivity index (χ0) is 28.3. The predicted molar refractivity (Wildman–Crippen MR) is 144 cm³/mol. The van der Waals surface area contributed by atoms with Gasteiger partial charge in [0.05, 0.1) is 6.54 Å². The van der Waals surface area contributed by atoms with Crippen LogP contribution in [0.3, 0.4) is 0 Å². The maximum absolute atomic E-state index is 12.3. The fraction of sp³-hybridized carbons (Fsp3) is 0.370. The van der Waals surface area contributed by atoms with E-state index in [0.29, 0.717) is 11.3 Å². The fourth-order valence-electron chi connectivity index (χ4n) is 3.05. The van der Waals surface area contributed by atoms with E-state index in [1.807, 2.05) is 6.07 Å². The predicted octanol–water partition coefficient (Wildman–Crippen LogP) is 1.48. The van der Waals surface area contributed by atoms with Gasteiger partial charge in [-0.15, -0.1) is 0 Å². The number of anilines is 1. The van der Waals surface area contributed by atoms with Gasteiger partial charge in [0.25, 0.3) is 0 Å². The number of carboxylic acid groups (broad SMARTS) is 1. The Bertz CT molecular complexity index is 1150. The summed E-state index contributed by atoms with van der Waals surface area (Å²) in [6.07, 6.45) is -0.0322. The molecule has 11 nitrogen and oxygen atoms in total. The first-order valence-corrected chi connectivity index (χ1v) is 11.9. The third kappa shape index (κ3) is 13.8. The van der Waals surface area contributed by atoms with E-state index >= 15 is 0 Å². The van der Waals surface area contributed by atoms with Crippen LogP contribution in [0.4, 0.5) is 20.1 Å². The van der Waals surface area contributed by atoms with Crippen LogP contribution in [0.5, 0.6) is 0 Å². The standard InChI is InChI=1S/C27H34N4O7.Na.H/c1-26(2,3)37-25(36)29-17-27(4,5)38-24(35)28-16-19-11-13-20(14-12-19)30-23(34)31-21(22(32)33)15-18-9-7-6-8-10-18;;/h6-14,16,21H,15,17H2,1-5H3,(H,29,36)(H,32,33)(H2,30,31,34);;/q;+1;-1. The summed E-state index contributed by atoms with van der Waals surface area (Å²) in [6.45, 7) is 8.50. The van der Waals surface area contributed by atoms with Crippen LogP contribution in [0, 0.1) is 0 Å². The van der Waals surface area contributed by atoms with Crippen molar-refractivity contribution in [3.8, 4) is 0 Å². The van der Waals surface area contributed by atoms with Crippen molar-refractivity contribution >= 4 is 36.1 Å². The van der Waals surface area contributed by atoms with Crippen molar-refractivity contribution < 1.29 is 64.7 Å². The van der Waals surface area contributed by atoms with Gasteiger partial charge in [0, 0.05) is 18.3 Å². The van der Waals surface area contributed by atoms with Crippen LogP contribution in [0.1, 0.15) is 47.2 Å². The minimum absolute atomic E-state index is 0. The number of rotatable bonds is 9. The molecule has 0 bridgehead atoms. The summed E-state index contributed by atoms with van der Waals surface area (Å²) < 4.78 is 10.4. The van der Waals surface area contributed by atoms with Crippen molar-refractivity contribution in [3.05, 3.63) is 65.7 Å². The third-order valence-corrected chi connectivity index (χ3v) is 4.79. The summed E-state index contributed by atoms with van der Waals surface area (Å²) in [6, 6.07) is 13.6. The van der Waals surface area contributed by atoms with Crippen molar-refractivity contribution in [2.24, 2.45) is 4.99 Å². The first-order valence-electron chi connectivity index (χ1n) is 11.9. The zero-order valence-corrected chi connectivity index (χ0v) is 25.1. The van der Waals surface area contributed by atoms with Crippen LogP contribution in [0.15, 0.2) is 59.6 Å². The Kier molecular flexibility index (Phi) is 13.1. The van der Waals surface area contributed by atoms with Crippen molar-refractivity contribution in [1.29, 1.82) is 0 Å². The molecule has 0 saturated carbocycles. The van der Waals surface area contributed by atoms with Crippen LogP contribution in [0.2, 0.25) is 0 Å². The molecule has 1 unspecified atom stereocenters. The van der Waals surface area contributed by atoms with Gasteiger partial charge in [-0.2, -0.15) is 4.99 Å². The number of aliphatic carboxylic acids is 1. The van der Waals surface area contributed by atoms with E-state index in [9.17, 15) is 24.3 Å². The largest absolute Gasteiger partial charge is 1.00 e. The van der Waals surface area contributed by atoms with Gasteiger partial charge in [-0.25, -0.2) is 19.2 Å². The van der Waals surface area contributed by atoms with E-state index in [1.165, 1.54) is 6.21 Å². The van der Waals surface area contributed by atoms with Gasteiger partial charge in [-0.3, -0.25) is 0 Å². The molecule has 0 heterocycles. The van der Waals surface area contributed by atoms with Crippen LogP contribution in [-0.2, 0) is 20.7 Å². The van der Waals surface area contributed by atoms with E-state index in [4.69, 9.17) is 9.47 Å². The van der Waals surface area contributed by atoms with Crippen LogP contribution in [-0.4, -0.2) is 59.3 Å². The summed E-state index contributed by atoms with van der Waals surface area (Å²) in [7, 11) is 0. The third-order valence-electron chi connectivity index (χ3n) is 4.79. The Labute approximate surface area is 251 Å². The number of aliphatic imine (C=N–C) groups is 1. The first-order chi connectivity index (χ1) is 17.7. The second-order valence-corrected chi connectivity index (χ2v) is 10.0. The van der Waals surface area contributed by atoms with Gasteiger partial charge in [-0.1, -0.05) is 42.5 Å². The van der Waals surface area contributed by atoms with E-state index in [2.05, 4.69) is 20.9 Å². The summed E-state index contributed by atoms with van der Waals surface area (Å²) in [5, 5.41) is 17.0. The smallest absolute Gasteiger partial charge is 1.00 e. The molecular formula is C27H35N4NaO7.